The molecule has 2 atom stereocenters. The minimum Gasteiger partial charge on any atom is -0.472 e. The van der Waals surface area contributed by atoms with Crippen molar-refractivity contribution in [1.29, 1.82) is 0 Å². The SMILES string of the molecule is Cc1cccc(C)c1-c1cc(OC2CCN(C(=O)C(c3ccccc3)C(C)C)C2)nc(NS(=O)(=O)c2cnn(C)c2)n1. The van der Waals surface area contributed by atoms with Crippen LogP contribution in [0.15, 0.2) is 71.9 Å². The van der Waals surface area contributed by atoms with Crippen LogP contribution in [0.25, 0.3) is 11.3 Å². The van der Waals surface area contributed by atoms with Crippen LogP contribution in [0.5, 0.6) is 5.88 Å². The lowest BCUT2D eigenvalue weighted by molar-refractivity contribution is -0.133. The summed E-state index contributed by atoms with van der Waals surface area (Å²) in [5.74, 6) is 0.0921. The number of aromatic nitrogens is 4. The minimum atomic E-state index is -3.99. The number of carbonyl (C=O) groups is 1. The van der Waals surface area contributed by atoms with E-state index in [0.29, 0.717) is 25.2 Å². The average Bonchev–Trinajstić information content (AvgIpc) is 3.58. The van der Waals surface area contributed by atoms with Crippen LogP contribution in [0.1, 0.15) is 42.9 Å². The molecule has 0 radical (unpaired) electrons. The zero-order valence-corrected chi connectivity index (χ0v) is 25.3. The molecule has 220 valence electrons. The number of benzene rings is 2. The van der Waals surface area contributed by atoms with Crippen molar-refractivity contribution in [3.05, 3.63) is 83.7 Å². The third kappa shape index (κ3) is 6.30. The minimum absolute atomic E-state index is 0.00314. The van der Waals surface area contributed by atoms with Gasteiger partial charge >= 0.3 is 0 Å². The van der Waals surface area contributed by atoms with Crippen molar-refractivity contribution in [2.45, 2.75) is 51.0 Å². The van der Waals surface area contributed by atoms with Crippen LogP contribution >= 0.6 is 0 Å². The van der Waals surface area contributed by atoms with Gasteiger partial charge in [-0.1, -0.05) is 62.4 Å². The molecule has 2 unspecified atom stereocenters. The molecule has 1 saturated heterocycles. The number of likely N-dealkylation sites (tertiary alicyclic amines) is 1. The molecule has 5 rings (SSSR count). The molecule has 10 nitrogen and oxygen atoms in total. The first-order valence-electron chi connectivity index (χ1n) is 14.0. The van der Waals surface area contributed by atoms with E-state index in [0.717, 1.165) is 22.3 Å². The highest BCUT2D eigenvalue weighted by Gasteiger charge is 2.34. The molecule has 4 aromatic rings. The Morgan fingerprint density at radius 2 is 1.76 bits per heavy atom. The van der Waals surface area contributed by atoms with Crippen molar-refractivity contribution in [1.82, 2.24) is 24.6 Å². The number of rotatable bonds is 9. The van der Waals surface area contributed by atoms with Crippen LogP contribution in [-0.2, 0) is 21.9 Å². The highest BCUT2D eigenvalue weighted by molar-refractivity contribution is 7.92. The number of amides is 1. The van der Waals surface area contributed by atoms with Crippen LogP contribution in [-0.4, -0.2) is 58.2 Å². The molecular formula is C31H36N6O4S. The van der Waals surface area contributed by atoms with Crippen molar-refractivity contribution in [2.75, 3.05) is 17.8 Å². The van der Waals surface area contributed by atoms with E-state index in [2.05, 4.69) is 33.6 Å². The van der Waals surface area contributed by atoms with Gasteiger partial charge in [0, 0.05) is 37.8 Å². The molecule has 2 aromatic heterocycles. The lowest BCUT2D eigenvalue weighted by atomic mass is 9.87. The topological polar surface area (TPSA) is 119 Å². The fraction of sp³-hybridized carbons (Fsp3) is 0.355. The number of nitrogens with one attached hydrogen (secondary N) is 1. The van der Waals surface area contributed by atoms with E-state index < -0.39 is 10.0 Å². The Kier molecular flexibility index (Phi) is 8.31. The Bertz CT molecular complexity index is 1670. The molecule has 2 aromatic carbocycles. The maximum Gasteiger partial charge on any atom is 0.267 e. The molecule has 1 N–H and O–H groups in total. The third-order valence-corrected chi connectivity index (χ3v) is 8.78. The second kappa shape index (κ2) is 11.9. The Balaban J connectivity index is 1.41. The number of hydrogen-bond donors (Lipinski definition) is 1. The first-order valence-corrected chi connectivity index (χ1v) is 15.5. The molecule has 0 saturated carbocycles. The molecule has 11 heteroatoms. The predicted molar refractivity (Wildman–Crippen MR) is 161 cm³/mol. The number of hydrogen-bond acceptors (Lipinski definition) is 7. The Hall–Kier alpha value is -4.25. The van der Waals surface area contributed by atoms with Crippen LogP contribution < -0.4 is 9.46 Å². The molecule has 1 aliphatic heterocycles. The van der Waals surface area contributed by atoms with Gasteiger partial charge in [-0.25, -0.2) is 18.1 Å². The van der Waals surface area contributed by atoms with Gasteiger partial charge < -0.3 is 9.64 Å². The maximum absolute atomic E-state index is 13.6. The van der Waals surface area contributed by atoms with Gasteiger partial charge in [-0.2, -0.15) is 10.1 Å². The summed E-state index contributed by atoms with van der Waals surface area (Å²) in [7, 11) is -2.35. The zero-order chi connectivity index (χ0) is 30.0. The highest BCUT2D eigenvalue weighted by Crippen LogP contribution is 2.32. The summed E-state index contributed by atoms with van der Waals surface area (Å²) in [6, 6.07) is 17.5. The van der Waals surface area contributed by atoms with Crippen molar-refractivity contribution >= 4 is 21.9 Å². The average molecular weight is 589 g/mol. The lowest BCUT2D eigenvalue weighted by Gasteiger charge is -2.26. The summed E-state index contributed by atoms with van der Waals surface area (Å²) < 4.78 is 36.4. The highest BCUT2D eigenvalue weighted by atomic mass is 32.2. The van der Waals surface area contributed by atoms with Gasteiger partial charge in [-0.15, -0.1) is 0 Å². The van der Waals surface area contributed by atoms with E-state index in [1.807, 2.05) is 67.3 Å². The van der Waals surface area contributed by atoms with Crippen LogP contribution in [0, 0.1) is 19.8 Å². The summed E-state index contributed by atoms with van der Waals surface area (Å²) >= 11 is 0. The summed E-state index contributed by atoms with van der Waals surface area (Å²) in [4.78, 5) is 24.4. The van der Waals surface area contributed by atoms with Gasteiger partial charge in [0.15, 0.2) is 0 Å². The first-order chi connectivity index (χ1) is 20.0. The molecule has 1 aliphatic rings. The summed E-state index contributed by atoms with van der Waals surface area (Å²) in [6.45, 7) is 9.04. The number of sulfonamides is 1. The molecule has 42 heavy (non-hydrogen) atoms. The molecule has 0 spiro atoms. The van der Waals surface area contributed by atoms with Gasteiger partial charge in [0.05, 0.1) is 24.4 Å². The van der Waals surface area contributed by atoms with Crippen LogP contribution in [0.4, 0.5) is 5.95 Å². The quantitative estimate of drug-likeness (QED) is 0.301. The molecular weight excluding hydrogens is 552 g/mol. The lowest BCUT2D eigenvalue weighted by Crippen LogP contribution is -2.36. The monoisotopic (exact) mass is 588 g/mol. The number of carbonyl (C=O) groups excluding carboxylic acids is 1. The van der Waals surface area contributed by atoms with Crippen molar-refractivity contribution in [3.63, 3.8) is 0 Å². The number of ether oxygens (including phenoxy) is 1. The second-order valence-electron chi connectivity index (χ2n) is 11.1. The predicted octanol–water partition coefficient (Wildman–Crippen LogP) is 4.71. The van der Waals surface area contributed by atoms with E-state index >= 15 is 0 Å². The van der Waals surface area contributed by atoms with Crippen LogP contribution in [0.3, 0.4) is 0 Å². The summed E-state index contributed by atoms with van der Waals surface area (Å²) in [5.41, 5.74) is 4.38. The summed E-state index contributed by atoms with van der Waals surface area (Å²) in [6.07, 6.45) is 2.99. The Labute approximate surface area is 246 Å². The molecule has 0 aliphatic carbocycles. The standard InChI is InChI=1S/C31H36N6O4S/c1-20(2)28(23-12-7-6-8-13-23)30(38)37-15-14-24(18-37)41-27-16-26(29-21(3)10-9-11-22(29)4)33-31(34-27)35-42(39,40)25-17-32-36(5)19-25/h6-13,16-17,19-20,24,28H,14-15,18H2,1-5H3,(H,33,34,35). The maximum atomic E-state index is 13.6. The number of anilines is 1. The van der Waals surface area contributed by atoms with E-state index in [1.54, 1.807) is 13.1 Å². The smallest absolute Gasteiger partial charge is 0.267 e. The first kappa shape index (κ1) is 29.2. The van der Waals surface area contributed by atoms with Crippen molar-refractivity contribution < 1.29 is 17.9 Å². The normalized spacial score (nSPS) is 16.0. The zero-order valence-electron chi connectivity index (χ0n) is 24.5. The van der Waals surface area contributed by atoms with Gasteiger partial charge in [0.25, 0.3) is 10.0 Å². The van der Waals surface area contributed by atoms with Gasteiger partial charge in [0.1, 0.15) is 11.0 Å². The van der Waals surface area contributed by atoms with Gasteiger partial charge in [0.2, 0.25) is 17.7 Å². The van der Waals surface area contributed by atoms with Crippen molar-refractivity contribution in [3.8, 4) is 17.1 Å². The fourth-order valence-electron chi connectivity index (χ4n) is 5.46. The Morgan fingerprint density at radius 1 is 1.05 bits per heavy atom. The van der Waals surface area contributed by atoms with Gasteiger partial charge in [-0.05, 0) is 36.5 Å². The Morgan fingerprint density at radius 3 is 2.40 bits per heavy atom. The van der Waals surface area contributed by atoms with Crippen molar-refractivity contribution in [2.24, 2.45) is 13.0 Å². The molecule has 0 bridgehead atoms. The molecule has 3 heterocycles. The number of nitrogens with zero attached hydrogens (tertiary/aromatic N) is 5. The summed E-state index contributed by atoms with van der Waals surface area (Å²) in [5, 5.41) is 3.96. The number of aryl methyl sites for hydroxylation is 3. The second-order valence-corrected chi connectivity index (χ2v) is 12.8. The van der Waals surface area contributed by atoms with Gasteiger partial charge in [-0.3, -0.25) is 9.48 Å². The van der Waals surface area contributed by atoms with E-state index in [4.69, 9.17) is 4.74 Å². The third-order valence-electron chi connectivity index (χ3n) is 7.49. The van der Waals surface area contributed by atoms with Crippen LogP contribution in [0.2, 0.25) is 0 Å². The van der Waals surface area contributed by atoms with E-state index in [9.17, 15) is 13.2 Å². The fourth-order valence-corrected chi connectivity index (χ4v) is 6.39. The largest absolute Gasteiger partial charge is 0.472 e. The van der Waals surface area contributed by atoms with E-state index in [1.165, 1.54) is 17.1 Å². The van der Waals surface area contributed by atoms with E-state index in [-0.39, 0.29) is 40.6 Å². The molecule has 1 amide bonds. The molecule has 1 fully saturated rings.